The van der Waals surface area contributed by atoms with Gasteiger partial charge in [0.2, 0.25) is 5.91 Å². The van der Waals surface area contributed by atoms with Crippen LogP contribution in [0.3, 0.4) is 0 Å². The highest BCUT2D eigenvalue weighted by atomic mass is 35.5. The van der Waals surface area contributed by atoms with Gasteiger partial charge in [0.1, 0.15) is 5.82 Å². The number of carbonyl (C=O) groups excluding carboxylic acids is 4. The fourth-order valence-corrected chi connectivity index (χ4v) is 4.90. The SMILES string of the molecule is CCCCCOC(=O)C1=C(C(=O)N(C(C)=O)c2cc(SCC(=O)OCCCC)c(Cl)cc2F)CCCC1. The molecule has 1 aliphatic rings. The Morgan fingerprint density at radius 2 is 1.62 bits per heavy atom. The van der Waals surface area contributed by atoms with E-state index in [0.717, 1.165) is 61.8 Å². The first-order valence-electron chi connectivity index (χ1n) is 12.7. The normalized spacial score (nSPS) is 13.3. The number of halogens is 2. The zero-order valence-electron chi connectivity index (χ0n) is 21.7. The lowest BCUT2D eigenvalue weighted by Crippen LogP contribution is -2.38. The summed E-state index contributed by atoms with van der Waals surface area (Å²) in [6.45, 7) is 5.73. The lowest BCUT2D eigenvalue weighted by molar-refractivity contribution is -0.141. The summed E-state index contributed by atoms with van der Waals surface area (Å²) in [5, 5.41) is 0.0387. The average molecular weight is 556 g/mol. The summed E-state index contributed by atoms with van der Waals surface area (Å²) >= 11 is 7.21. The molecule has 7 nitrogen and oxygen atoms in total. The van der Waals surface area contributed by atoms with E-state index in [1.807, 2.05) is 13.8 Å². The molecule has 37 heavy (non-hydrogen) atoms. The summed E-state index contributed by atoms with van der Waals surface area (Å²) in [5.74, 6) is -3.43. The smallest absolute Gasteiger partial charge is 0.334 e. The molecule has 0 aliphatic heterocycles. The van der Waals surface area contributed by atoms with Gasteiger partial charge in [-0.2, -0.15) is 0 Å². The molecule has 0 atom stereocenters. The fraction of sp³-hybridized carbons (Fsp3) is 0.556. The van der Waals surface area contributed by atoms with Gasteiger partial charge in [0, 0.05) is 23.0 Å². The number of hydrogen-bond acceptors (Lipinski definition) is 7. The van der Waals surface area contributed by atoms with E-state index in [-0.39, 0.29) is 40.6 Å². The van der Waals surface area contributed by atoms with Crippen LogP contribution in [0.25, 0.3) is 0 Å². The summed E-state index contributed by atoms with van der Waals surface area (Å²) in [7, 11) is 0. The van der Waals surface area contributed by atoms with Gasteiger partial charge in [-0.3, -0.25) is 14.4 Å². The van der Waals surface area contributed by atoms with Crippen molar-refractivity contribution in [3.8, 4) is 0 Å². The van der Waals surface area contributed by atoms with Gasteiger partial charge >= 0.3 is 11.9 Å². The van der Waals surface area contributed by atoms with Crippen molar-refractivity contribution >= 4 is 52.8 Å². The van der Waals surface area contributed by atoms with Gasteiger partial charge in [-0.25, -0.2) is 14.1 Å². The molecule has 0 aromatic heterocycles. The van der Waals surface area contributed by atoms with Crippen molar-refractivity contribution in [2.75, 3.05) is 23.9 Å². The van der Waals surface area contributed by atoms with Crippen molar-refractivity contribution in [1.29, 1.82) is 0 Å². The molecule has 0 spiro atoms. The molecule has 1 aromatic carbocycles. The van der Waals surface area contributed by atoms with Crippen molar-refractivity contribution in [2.24, 2.45) is 0 Å². The molecule has 0 N–H and O–H groups in total. The predicted octanol–water partition coefficient (Wildman–Crippen LogP) is 6.40. The Hall–Kier alpha value is -2.39. The molecular formula is C27H35ClFNO6S. The molecule has 1 aromatic rings. The summed E-state index contributed by atoms with van der Waals surface area (Å²) < 4.78 is 25.5. The fourth-order valence-electron chi connectivity index (χ4n) is 3.84. The second kappa shape index (κ2) is 15.8. The Morgan fingerprint density at radius 1 is 0.973 bits per heavy atom. The summed E-state index contributed by atoms with van der Waals surface area (Å²) in [6.07, 6.45) is 6.25. The Kier molecular flexibility index (Phi) is 13.1. The molecule has 1 aliphatic carbocycles. The standard InChI is InChI=1S/C27H35ClFNO6S/c1-4-6-10-14-36-27(34)20-12-9-8-11-19(20)26(33)30(18(3)31)23-16-24(21(28)15-22(23)29)37-17-25(32)35-13-7-5-2/h15-16H,4-14,17H2,1-3H3. The maximum atomic E-state index is 15.0. The average Bonchev–Trinajstić information content (AvgIpc) is 2.87. The first kappa shape index (κ1) is 30.8. The number of nitrogens with zero attached hydrogens (tertiary/aromatic N) is 1. The third-order valence-electron chi connectivity index (χ3n) is 5.82. The Labute approximate surface area is 227 Å². The van der Waals surface area contributed by atoms with Crippen molar-refractivity contribution in [3.63, 3.8) is 0 Å². The van der Waals surface area contributed by atoms with Crippen LogP contribution in [0.1, 0.15) is 78.6 Å². The van der Waals surface area contributed by atoms with Gasteiger partial charge in [-0.05, 0) is 50.7 Å². The van der Waals surface area contributed by atoms with Gasteiger partial charge in [0.15, 0.2) is 0 Å². The molecule has 0 fully saturated rings. The third-order valence-corrected chi connectivity index (χ3v) is 7.27. The highest BCUT2D eigenvalue weighted by molar-refractivity contribution is 8.00. The van der Waals surface area contributed by atoms with Crippen molar-refractivity contribution in [2.45, 2.75) is 83.5 Å². The van der Waals surface area contributed by atoms with E-state index >= 15 is 4.39 Å². The van der Waals surface area contributed by atoms with Gasteiger partial charge in [-0.1, -0.05) is 44.7 Å². The van der Waals surface area contributed by atoms with Gasteiger partial charge in [0.05, 0.1) is 29.7 Å². The van der Waals surface area contributed by atoms with E-state index in [2.05, 4.69) is 0 Å². The number of thioether (sulfide) groups is 1. The highest BCUT2D eigenvalue weighted by Gasteiger charge is 2.32. The quantitative estimate of drug-likeness (QED) is 0.158. The number of esters is 2. The Bertz CT molecular complexity index is 1030. The van der Waals surface area contributed by atoms with Crippen molar-refractivity contribution in [3.05, 3.63) is 34.1 Å². The lowest BCUT2D eigenvalue weighted by atomic mass is 9.90. The van der Waals surface area contributed by atoms with E-state index in [0.29, 0.717) is 30.8 Å². The van der Waals surface area contributed by atoms with Crippen LogP contribution < -0.4 is 4.90 Å². The number of ether oxygens (including phenoxy) is 2. The largest absolute Gasteiger partial charge is 0.465 e. The molecule has 2 rings (SSSR count). The number of carbonyl (C=O) groups is 4. The molecule has 204 valence electrons. The molecule has 0 radical (unpaired) electrons. The molecule has 2 amide bonds. The minimum Gasteiger partial charge on any atom is -0.465 e. The maximum Gasteiger partial charge on any atom is 0.334 e. The topological polar surface area (TPSA) is 90.0 Å². The minimum absolute atomic E-state index is 0.0387. The number of hydrogen-bond donors (Lipinski definition) is 0. The van der Waals surface area contributed by atoms with Gasteiger partial charge < -0.3 is 9.47 Å². The first-order chi connectivity index (χ1) is 17.7. The number of imide groups is 1. The zero-order valence-corrected chi connectivity index (χ0v) is 23.3. The van der Waals surface area contributed by atoms with Crippen LogP contribution in [-0.2, 0) is 28.7 Å². The summed E-state index contributed by atoms with van der Waals surface area (Å²) in [5.41, 5.74) is 0.0975. The third kappa shape index (κ3) is 9.14. The second-order valence-corrected chi connectivity index (χ2v) is 10.2. The van der Waals surface area contributed by atoms with Crippen LogP contribution in [0.15, 0.2) is 28.2 Å². The molecule has 0 saturated heterocycles. The predicted molar refractivity (Wildman–Crippen MR) is 142 cm³/mol. The highest BCUT2D eigenvalue weighted by Crippen LogP contribution is 2.36. The summed E-state index contributed by atoms with van der Waals surface area (Å²) in [4.78, 5) is 51.9. The Balaban J connectivity index is 2.31. The van der Waals surface area contributed by atoms with E-state index in [9.17, 15) is 19.2 Å². The van der Waals surface area contributed by atoms with Crippen LogP contribution in [0.4, 0.5) is 10.1 Å². The molecule has 0 unspecified atom stereocenters. The van der Waals surface area contributed by atoms with Crippen LogP contribution in [-0.4, -0.2) is 42.7 Å². The van der Waals surface area contributed by atoms with E-state index < -0.39 is 29.6 Å². The number of amides is 2. The first-order valence-corrected chi connectivity index (χ1v) is 14.1. The van der Waals surface area contributed by atoms with E-state index in [1.165, 1.54) is 6.07 Å². The lowest BCUT2D eigenvalue weighted by Gasteiger charge is -2.25. The number of anilines is 1. The van der Waals surface area contributed by atoms with Crippen molar-refractivity contribution < 1.29 is 33.0 Å². The van der Waals surface area contributed by atoms with E-state index in [1.54, 1.807) is 0 Å². The maximum absolute atomic E-state index is 15.0. The number of rotatable bonds is 13. The van der Waals surface area contributed by atoms with Gasteiger partial charge in [-0.15, -0.1) is 11.8 Å². The van der Waals surface area contributed by atoms with Crippen molar-refractivity contribution in [1.82, 2.24) is 0 Å². The molecule has 0 saturated carbocycles. The van der Waals surface area contributed by atoms with Crippen LogP contribution in [0, 0.1) is 5.82 Å². The molecule has 0 heterocycles. The number of benzene rings is 1. The zero-order chi connectivity index (χ0) is 27.4. The second-order valence-electron chi connectivity index (χ2n) is 8.76. The molecule has 0 bridgehead atoms. The van der Waals surface area contributed by atoms with Crippen LogP contribution >= 0.6 is 23.4 Å². The van der Waals surface area contributed by atoms with Gasteiger partial charge in [0.25, 0.3) is 5.91 Å². The van der Waals surface area contributed by atoms with Crippen LogP contribution in [0.5, 0.6) is 0 Å². The van der Waals surface area contributed by atoms with E-state index in [4.69, 9.17) is 21.1 Å². The van der Waals surface area contributed by atoms with Crippen LogP contribution in [0.2, 0.25) is 5.02 Å². The summed E-state index contributed by atoms with van der Waals surface area (Å²) in [6, 6.07) is 2.27. The monoisotopic (exact) mass is 555 g/mol. The molecular weight excluding hydrogens is 521 g/mol. The number of unbranched alkanes of at least 4 members (excludes halogenated alkanes) is 3. The Morgan fingerprint density at radius 3 is 2.27 bits per heavy atom. The minimum atomic E-state index is -0.872. The molecule has 10 heteroatoms.